The van der Waals surface area contributed by atoms with Crippen LogP contribution in [0.25, 0.3) is 0 Å². The zero-order valence-electron chi connectivity index (χ0n) is 50.7. The zero-order valence-corrected chi connectivity index (χ0v) is 55.4. The van der Waals surface area contributed by atoms with Crippen molar-refractivity contribution >= 4 is 73.3 Å². The van der Waals surface area contributed by atoms with E-state index in [0.717, 1.165) is 93.7 Å². The quantitative estimate of drug-likeness (QED) is 0.0133. The number of carboxylic acid groups (broad SMARTS) is 1. The van der Waals surface area contributed by atoms with Crippen LogP contribution in [0.3, 0.4) is 0 Å². The first kappa shape index (κ1) is 88.3. The normalized spacial score (nSPS) is 13.0. The lowest BCUT2D eigenvalue weighted by molar-refractivity contribution is -0.424. The van der Waals surface area contributed by atoms with Crippen molar-refractivity contribution in [3.05, 3.63) is 108 Å². The molecule has 0 radical (unpaired) electrons. The summed E-state index contributed by atoms with van der Waals surface area (Å²) in [6, 6.07) is 26.3. The van der Waals surface area contributed by atoms with Gasteiger partial charge < -0.3 is 62.7 Å². The molecule has 0 heterocycles. The number of aliphatic hydroxyl groups excluding tert-OH is 1. The molecule has 0 aromatic heterocycles. The number of esters is 5. The molecule has 16 nitrogen and oxygen atoms in total. The molecule has 0 bridgehead atoms. The second kappa shape index (κ2) is 54.0. The Morgan fingerprint density at radius 1 is 0.560 bits per heavy atom. The van der Waals surface area contributed by atoms with Gasteiger partial charge in [-0.15, -0.1) is 6.42 Å². The Morgan fingerprint density at radius 2 is 0.833 bits per heavy atom. The highest BCUT2D eigenvalue weighted by Gasteiger charge is 2.32. The molecule has 84 heavy (non-hydrogen) atoms. The third kappa shape index (κ3) is 42.4. The molecule has 3 rings (SSSR count). The van der Waals surface area contributed by atoms with Crippen LogP contribution in [0.2, 0.25) is 0 Å². The van der Waals surface area contributed by atoms with E-state index in [1.54, 1.807) is 34.9 Å². The Balaban J connectivity index is -0.000000328. The van der Waals surface area contributed by atoms with E-state index in [1.165, 1.54) is 0 Å². The van der Waals surface area contributed by atoms with Crippen molar-refractivity contribution in [2.75, 3.05) is 20.8 Å². The number of carbonyl (C=O) groups is 6. The summed E-state index contributed by atoms with van der Waals surface area (Å²) in [5.74, 6) is -2.73. The Bertz CT molecular complexity index is 2240. The molecule has 0 saturated carbocycles. The van der Waals surface area contributed by atoms with Gasteiger partial charge in [0.25, 0.3) is 0 Å². The van der Waals surface area contributed by atoms with Crippen molar-refractivity contribution in [3.8, 4) is 12.1 Å². The van der Waals surface area contributed by atoms with Gasteiger partial charge in [0.2, 0.25) is 6.04 Å². The number of ether oxygens (including phenoxy) is 5. The van der Waals surface area contributed by atoms with Crippen LogP contribution in [0.1, 0.15) is 171 Å². The van der Waals surface area contributed by atoms with Gasteiger partial charge in [0.05, 0.1) is 27.5 Å². The number of aliphatic hydroxyl groups is 1. The second-order valence-electron chi connectivity index (χ2n) is 19.6. The summed E-state index contributed by atoms with van der Waals surface area (Å²) >= 11 is 6.98. The first-order valence-electron chi connectivity index (χ1n) is 28.3. The summed E-state index contributed by atoms with van der Waals surface area (Å²) in [6.07, 6.45) is 13.6. The first-order valence-corrected chi connectivity index (χ1v) is 34.3. The Kier molecular flexibility index (Phi) is 56.8. The topological polar surface area (TPSA) is 241 Å². The molecule has 0 aliphatic heterocycles. The van der Waals surface area contributed by atoms with Crippen molar-refractivity contribution in [3.63, 3.8) is 0 Å². The van der Waals surface area contributed by atoms with Crippen LogP contribution in [0.15, 0.2) is 91.0 Å². The summed E-state index contributed by atoms with van der Waals surface area (Å²) in [7, 11) is 3.27. The molecule has 0 amide bonds. The minimum absolute atomic E-state index is 0. The lowest BCUT2D eigenvalue weighted by Gasteiger charge is -2.24. The number of hydrogen-bond donors (Lipinski definition) is 5. The number of nitrogens with one attached hydrogen (secondary N) is 2. The van der Waals surface area contributed by atoms with Gasteiger partial charge in [-0.1, -0.05) is 203 Å². The lowest BCUT2D eigenvalue weighted by Crippen LogP contribution is -3.00. The molecule has 0 fully saturated rings. The molecule has 20 heteroatoms. The third-order valence-corrected chi connectivity index (χ3v) is 13.9. The fourth-order valence-corrected chi connectivity index (χ4v) is 7.72. The van der Waals surface area contributed by atoms with Crippen LogP contribution in [0.4, 0.5) is 0 Å². The lowest BCUT2D eigenvalue weighted by atomic mass is 9.98. The van der Waals surface area contributed by atoms with Gasteiger partial charge in [-0.2, -0.15) is 0 Å². The fraction of sp³-hybridized carbons (Fsp3) is 0.594. The molecule has 1 unspecified atom stereocenters. The predicted octanol–water partition coefficient (Wildman–Crippen LogP) is 9.25. The number of hydrogen-bond acceptors (Lipinski definition) is 15. The first-order chi connectivity index (χ1) is 38.4. The van der Waals surface area contributed by atoms with Crippen molar-refractivity contribution in [2.45, 2.75) is 210 Å². The van der Waals surface area contributed by atoms with Gasteiger partial charge in [-0.25, -0.2) is 4.79 Å². The Morgan fingerprint density at radius 3 is 1.10 bits per heavy atom. The predicted molar refractivity (Wildman–Crippen MR) is 348 cm³/mol. The molecule has 0 aliphatic carbocycles. The van der Waals surface area contributed by atoms with Crippen LogP contribution < -0.4 is 28.8 Å². The van der Waals surface area contributed by atoms with E-state index >= 15 is 0 Å². The van der Waals surface area contributed by atoms with Crippen LogP contribution in [-0.2, 0) is 84.1 Å². The molecular formula is C64H106ClIN3O13PS. The maximum Gasteiger partial charge on any atom is 0.369 e. The van der Waals surface area contributed by atoms with Gasteiger partial charge >= 0.3 is 35.8 Å². The highest BCUT2D eigenvalue weighted by molar-refractivity contribution is 14.2. The molecule has 480 valence electrons. The fourth-order valence-electron chi connectivity index (χ4n) is 7.72. The Hall–Kier alpha value is -4.45. The molecule has 7 N–H and O–H groups in total. The van der Waals surface area contributed by atoms with Crippen molar-refractivity contribution < 1.29 is 80.8 Å². The number of likely N-dealkylation sites (N-methyl/N-ethyl adjacent to an activating group) is 2. The third-order valence-electron chi connectivity index (χ3n) is 12.3. The van der Waals surface area contributed by atoms with Crippen molar-refractivity contribution in [1.29, 1.82) is 0 Å². The zero-order chi connectivity index (χ0) is 61.8. The van der Waals surface area contributed by atoms with E-state index in [4.69, 9.17) is 47.0 Å². The average molecular weight is 1350 g/mol. The molecule has 0 spiro atoms. The van der Waals surface area contributed by atoms with Gasteiger partial charge in [0.1, 0.15) is 38.0 Å². The van der Waals surface area contributed by atoms with Crippen LogP contribution in [0.5, 0.6) is 0 Å². The number of rotatable bonds is 31. The Labute approximate surface area is 530 Å². The van der Waals surface area contributed by atoms with Crippen LogP contribution in [-0.4, -0.2) is 103 Å². The van der Waals surface area contributed by atoms with E-state index in [-0.39, 0.29) is 76.8 Å². The van der Waals surface area contributed by atoms with Crippen LogP contribution in [0, 0.1) is 29.8 Å². The van der Waals surface area contributed by atoms with E-state index in [2.05, 4.69) is 57.9 Å². The molecule has 0 aliphatic rings. The number of halogens is 2. The maximum atomic E-state index is 12.4. The van der Waals surface area contributed by atoms with Gasteiger partial charge in [0, 0.05) is 0 Å². The second-order valence-corrected chi connectivity index (χ2v) is 31.4. The van der Waals surface area contributed by atoms with Gasteiger partial charge in [-0.05, 0) is 119 Å². The van der Waals surface area contributed by atoms with Crippen LogP contribution >= 0.6 is 25.7 Å². The highest BCUT2D eigenvalue weighted by Crippen LogP contribution is 2.49. The number of benzene rings is 3. The summed E-state index contributed by atoms with van der Waals surface area (Å²) < 4.78 is 25.4. The van der Waals surface area contributed by atoms with Gasteiger partial charge in [0.15, 0.2) is 6.10 Å². The van der Waals surface area contributed by atoms with E-state index in [1.807, 2.05) is 125 Å². The maximum absolute atomic E-state index is 12.4. The van der Waals surface area contributed by atoms with E-state index < -0.39 is 64.0 Å². The molecule has 0 saturated heterocycles. The summed E-state index contributed by atoms with van der Waals surface area (Å²) in [5.41, 5.74) is 9.08. The monoisotopic (exact) mass is 1350 g/mol. The highest BCUT2D eigenvalue weighted by atomic mass is 127. The molecule has 7 atom stereocenters. The SMILES string of the molecule is C.C.C#CP(C)(=S)I.CCCC(CCC)C(=O)O.CCCC(CCC)C(=O)O[C@H](C)[C@H](NC)C(=O)OCc1ccccc1.CCCC(CCC)C(=O)O[C@H](C)[C@H]([NH3+])C(=O)OCc1ccccc1.CN[C@H](C(=O)OCc1ccccc1)[C@@H](C)O.[Cl-]. The summed E-state index contributed by atoms with van der Waals surface area (Å²) in [6.45, 7) is 19.7. The van der Waals surface area contributed by atoms with E-state index in [0.29, 0.717) is 0 Å². The summed E-state index contributed by atoms with van der Waals surface area (Å²) in [4.78, 5) is 71.0. The largest absolute Gasteiger partial charge is 1.00 e. The molecule has 3 aromatic carbocycles. The van der Waals surface area contributed by atoms with Crippen molar-refractivity contribution in [1.82, 2.24) is 10.6 Å². The number of terminal acetylenes is 1. The standard InChI is InChI=1S/C20H31NO4.C19H29NO4.C12H17NO3.C8H16O2.C3H4IPS.2CH4.ClH/c1-5-10-17(11-6-2)19(22)25-15(3)18(21-4)20(23)24-14-16-12-8-7-9-13-16;1-4-9-16(10-5-2)18(21)24-14(3)17(20)19(22)23-13-15-11-7-6-8-12-15;1-9(14)11(13-2)12(15)16-8-10-6-4-3-5-7-10;1-3-5-7(6-4-2)8(9)10;1-3-5(2,4)6;;;/h7-9,12-13,15,17-18,21H,5-6,10-11,14H2,1-4H3;6-8,11-12,14,16-17H,4-5,9-10,13,20H2,1-3H3;3-7,9,11,13-14H,8H2,1-2H3;7H,3-6H2,1-2H3,(H,9,10);1H,2H3;2*1H4;1H/t15-,18+;14-,17+;9-,11+;;;;;/m111...../s1. The van der Waals surface area contributed by atoms with Gasteiger partial charge in [-0.3, -0.25) is 24.0 Å². The molecular weight excluding hydrogens is 1240 g/mol. The van der Waals surface area contributed by atoms with E-state index in [9.17, 15) is 33.9 Å². The number of carbonyl (C=O) groups excluding carboxylic acids is 5. The average Bonchev–Trinajstić information content (AvgIpc) is 3.44. The summed E-state index contributed by atoms with van der Waals surface area (Å²) in [5, 5.41) is 23.6. The number of aliphatic carboxylic acids is 1. The minimum atomic E-state index is -1.32. The molecule has 3 aromatic rings. The number of quaternary nitrogens is 1. The smallest absolute Gasteiger partial charge is 0.369 e. The minimum Gasteiger partial charge on any atom is -1.00 e. The number of carboxylic acids is 1. The van der Waals surface area contributed by atoms with Crippen molar-refractivity contribution in [2.24, 2.45) is 17.8 Å².